The lowest BCUT2D eigenvalue weighted by atomic mass is 9.96. The zero-order valence-electron chi connectivity index (χ0n) is 12.5. The van der Waals surface area contributed by atoms with Crippen molar-refractivity contribution in [2.24, 2.45) is 0 Å². The van der Waals surface area contributed by atoms with Gasteiger partial charge in [-0.15, -0.1) is 0 Å². The predicted octanol–water partition coefficient (Wildman–Crippen LogP) is 2.75. The molecule has 1 aliphatic carbocycles. The molecule has 0 N–H and O–H groups in total. The predicted molar refractivity (Wildman–Crippen MR) is 84.3 cm³/mol. The van der Waals surface area contributed by atoms with E-state index in [0.717, 1.165) is 25.7 Å². The zero-order valence-corrected chi connectivity index (χ0v) is 13.3. The highest BCUT2D eigenvalue weighted by molar-refractivity contribution is 7.89. The van der Waals surface area contributed by atoms with Crippen LogP contribution >= 0.6 is 0 Å². The minimum atomic E-state index is -3.53. The first-order chi connectivity index (χ1) is 10.5. The maximum absolute atomic E-state index is 12.8. The molecule has 118 valence electrons. The maximum Gasteiger partial charge on any atom is 0.336 e. The average molecular weight is 321 g/mol. The van der Waals surface area contributed by atoms with Gasteiger partial charge < -0.3 is 4.42 Å². The minimum absolute atomic E-state index is 0.0724. The quantitative estimate of drug-likeness (QED) is 0.815. The fraction of sp³-hybridized carbons (Fsp3) is 0.438. The molecule has 0 aliphatic heterocycles. The molecular weight excluding hydrogens is 302 g/mol. The second-order valence-corrected chi connectivity index (χ2v) is 7.76. The monoisotopic (exact) mass is 321 g/mol. The molecule has 2 aromatic rings. The van der Waals surface area contributed by atoms with E-state index in [4.69, 9.17) is 4.42 Å². The lowest BCUT2D eigenvalue weighted by molar-refractivity contribution is 0.286. The van der Waals surface area contributed by atoms with Gasteiger partial charge in [0.05, 0.1) is 4.90 Å². The summed E-state index contributed by atoms with van der Waals surface area (Å²) in [7, 11) is -1.87. The van der Waals surface area contributed by atoms with Gasteiger partial charge in [-0.05, 0) is 37.1 Å². The SMILES string of the molecule is CN(C1CCCCC1)S(=O)(=O)c1ccc2oc(=O)ccc2c1. The van der Waals surface area contributed by atoms with Crippen molar-refractivity contribution in [3.8, 4) is 0 Å². The normalized spacial score (nSPS) is 17.2. The summed E-state index contributed by atoms with van der Waals surface area (Å²) in [4.78, 5) is 11.4. The van der Waals surface area contributed by atoms with Crippen molar-refractivity contribution in [2.75, 3.05) is 7.05 Å². The number of benzene rings is 1. The summed E-state index contributed by atoms with van der Waals surface area (Å²) in [6.45, 7) is 0. The van der Waals surface area contributed by atoms with E-state index in [2.05, 4.69) is 0 Å². The van der Waals surface area contributed by atoms with Gasteiger partial charge in [-0.3, -0.25) is 0 Å². The molecule has 0 unspecified atom stereocenters. The molecule has 6 heteroatoms. The van der Waals surface area contributed by atoms with Gasteiger partial charge >= 0.3 is 5.63 Å². The third kappa shape index (κ3) is 2.80. The lowest BCUT2D eigenvalue weighted by Gasteiger charge is -2.30. The van der Waals surface area contributed by atoms with Gasteiger partial charge in [-0.1, -0.05) is 19.3 Å². The summed E-state index contributed by atoms with van der Waals surface area (Å²) in [5.41, 5.74) is -0.0470. The maximum atomic E-state index is 12.8. The van der Waals surface area contributed by atoms with E-state index in [1.54, 1.807) is 25.2 Å². The largest absolute Gasteiger partial charge is 0.423 e. The molecule has 1 aromatic heterocycles. The summed E-state index contributed by atoms with van der Waals surface area (Å²) in [5.74, 6) is 0. The number of sulfonamides is 1. The molecule has 1 fully saturated rings. The van der Waals surface area contributed by atoms with E-state index in [1.165, 1.54) is 22.9 Å². The van der Waals surface area contributed by atoms with E-state index in [9.17, 15) is 13.2 Å². The van der Waals surface area contributed by atoms with Crippen LogP contribution in [0.1, 0.15) is 32.1 Å². The summed E-state index contributed by atoms with van der Waals surface area (Å²) in [6.07, 6.45) is 5.16. The van der Waals surface area contributed by atoms with E-state index in [0.29, 0.717) is 11.0 Å². The van der Waals surface area contributed by atoms with Crippen molar-refractivity contribution in [1.29, 1.82) is 0 Å². The van der Waals surface area contributed by atoms with Crippen LogP contribution < -0.4 is 5.63 Å². The number of fused-ring (bicyclic) bond motifs is 1. The Balaban J connectivity index is 1.97. The molecule has 0 spiro atoms. The molecule has 0 bridgehead atoms. The van der Waals surface area contributed by atoms with Gasteiger partial charge in [0.25, 0.3) is 0 Å². The highest BCUT2D eigenvalue weighted by Crippen LogP contribution is 2.27. The first kappa shape index (κ1) is 15.2. The van der Waals surface area contributed by atoms with Crippen LogP contribution in [0.25, 0.3) is 11.0 Å². The Kier molecular flexibility index (Phi) is 4.06. The summed E-state index contributed by atoms with van der Waals surface area (Å²) in [5, 5.41) is 0.609. The second kappa shape index (κ2) is 5.85. The minimum Gasteiger partial charge on any atom is -0.423 e. The third-order valence-electron chi connectivity index (χ3n) is 4.36. The molecule has 3 rings (SSSR count). The van der Waals surface area contributed by atoms with Crippen molar-refractivity contribution in [3.63, 3.8) is 0 Å². The molecule has 1 saturated carbocycles. The highest BCUT2D eigenvalue weighted by Gasteiger charge is 2.29. The Labute approximate surface area is 129 Å². The third-order valence-corrected chi connectivity index (χ3v) is 6.26. The topological polar surface area (TPSA) is 67.6 Å². The van der Waals surface area contributed by atoms with Crippen LogP contribution in [0, 0.1) is 0 Å². The first-order valence-corrected chi connectivity index (χ1v) is 8.94. The van der Waals surface area contributed by atoms with E-state index < -0.39 is 15.6 Å². The van der Waals surface area contributed by atoms with Crippen molar-refractivity contribution < 1.29 is 12.8 Å². The fourth-order valence-electron chi connectivity index (χ4n) is 3.02. The average Bonchev–Trinajstić information content (AvgIpc) is 2.54. The Morgan fingerprint density at radius 1 is 1.09 bits per heavy atom. The molecule has 22 heavy (non-hydrogen) atoms. The van der Waals surface area contributed by atoms with E-state index in [1.807, 2.05) is 0 Å². The number of hydrogen-bond acceptors (Lipinski definition) is 4. The molecule has 1 aliphatic rings. The van der Waals surface area contributed by atoms with Crippen molar-refractivity contribution >= 4 is 21.0 Å². The van der Waals surface area contributed by atoms with Crippen LogP contribution in [-0.2, 0) is 10.0 Å². The molecule has 0 radical (unpaired) electrons. The number of hydrogen-bond donors (Lipinski definition) is 0. The Bertz CT molecular complexity index is 835. The van der Waals surface area contributed by atoms with Gasteiger partial charge in [-0.25, -0.2) is 13.2 Å². The van der Waals surface area contributed by atoms with Crippen LogP contribution in [0.15, 0.2) is 44.4 Å². The van der Waals surface area contributed by atoms with Crippen molar-refractivity contribution in [2.45, 2.75) is 43.0 Å². The van der Waals surface area contributed by atoms with Crippen LogP contribution in [-0.4, -0.2) is 25.8 Å². The van der Waals surface area contributed by atoms with Gasteiger partial charge in [0.2, 0.25) is 10.0 Å². The molecular formula is C16H19NO4S. The summed E-state index contributed by atoms with van der Waals surface area (Å²) < 4.78 is 32.1. The van der Waals surface area contributed by atoms with Crippen molar-refractivity contribution in [1.82, 2.24) is 4.31 Å². The van der Waals surface area contributed by atoms with Crippen LogP contribution in [0.5, 0.6) is 0 Å². The Hall–Kier alpha value is -1.66. The van der Waals surface area contributed by atoms with Crippen LogP contribution in [0.2, 0.25) is 0 Å². The smallest absolute Gasteiger partial charge is 0.336 e. The molecule has 5 nitrogen and oxygen atoms in total. The van der Waals surface area contributed by atoms with Gasteiger partial charge in [-0.2, -0.15) is 4.31 Å². The van der Waals surface area contributed by atoms with Crippen molar-refractivity contribution in [3.05, 3.63) is 40.8 Å². The Morgan fingerprint density at radius 3 is 2.55 bits per heavy atom. The zero-order chi connectivity index (χ0) is 15.7. The molecule has 0 atom stereocenters. The summed E-state index contributed by atoms with van der Waals surface area (Å²) >= 11 is 0. The van der Waals surface area contributed by atoms with E-state index >= 15 is 0 Å². The Morgan fingerprint density at radius 2 is 1.82 bits per heavy atom. The fourth-order valence-corrected chi connectivity index (χ4v) is 4.47. The first-order valence-electron chi connectivity index (χ1n) is 7.50. The standard InChI is InChI=1S/C16H19NO4S/c1-17(13-5-3-2-4-6-13)22(19,20)14-8-9-15-12(11-14)7-10-16(18)21-15/h7-11,13H,2-6H2,1H3. The molecule has 0 amide bonds. The van der Waals surface area contributed by atoms with Crippen LogP contribution in [0.3, 0.4) is 0 Å². The van der Waals surface area contributed by atoms with Gasteiger partial charge in [0.1, 0.15) is 5.58 Å². The molecule has 1 aromatic carbocycles. The molecule has 0 saturated heterocycles. The van der Waals surface area contributed by atoms with E-state index in [-0.39, 0.29) is 10.9 Å². The van der Waals surface area contributed by atoms with Gasteiger partial charge in [0.15, 0.2) is 0 Å². The molecule has 1 heterocycles. The number of nitrogens with zero attached hydrogens (tertiary/aromatic N) is 1. The summed E-state index contributed by atoms with van der Waals surface area (Å²) in [6, 6.07) is 7.55. The second-order valence-electron chi connectivity index (χ2n) is 5.77. The van der Waals surface area contributed by atoms with Crippen LogP contribution in [0.4, 0.5) is 0 Å². The number of rotatable bonds is 3. The van der Waals surface area contributed by atoms with Gasteiger partial charge in [0, 0.05) is 24.5 Å². The lowest BCUT2D eigenvalue weighted by Crippen LogP contribution is -2.38. The highest BCUT2D eigenvalue weighted by atomic mass is 32.2.